The first-order valence-corrected chi connectivity index (χ1v) is 10.0. The smallest absolute Gasteiger partial charge is 0.251 e. The highest BCUT2D eigenvalue weighted by atomic mass is 35.5. The number of aryl methyl sites for hydroxylation is 1. The van der Waals surface area contributed by atoms with Gasteiger partial charge in [0.2, 0.25) is 0 Å². The first kappa shape index (κ1) is 17.0. The Morgan fingerprint density at radius 3 is 2.54 bits per heavy atom. The highest BCUT2D eigenvalue weighted by Crippen LogP contribution is 2.31. The van der Waals surface area contributed by atoms with Crippen LogP contribution in [0.5, 0.6) is 0 Å². The zero-order valence-electron chi connectivity index (χ0n) is 13.3. The number of fused-ring (bicyclic) bond motifs is 1. The molecule has 3 rings (SSSR count). The third-order valence-electron chi connectivity index (χ3n) is 4.27. The molecule has 2 aromatic rings. The van der Waals surface area contributed by atoms with Crippen molar-refractivity contribution in [3.05, 3.63) is 64.2 Å². The van der Waals surface area contributed by atoms with Crippen LogP contribution in [0, 0.1) is 0 Å². The Hall–Kier alpha value is -1.85. The van der Waals surface area contributed by atoms with Crippen molar-refractivity contribution in [2.75, 3.05) is 6.26 Å². The van der Waals surface area contributed by atoms with E-state index in [9.17, 15) is 13.2 Å². The van der Waals surface area contributed by atoms with Crippen LogP contribution in [-0.4, -0.2) is 20.6 Å². The van der Waals surface area contributed by atoms with Crippen molar-refractivity contribution < 1.29 is 13.2 Å². The fraction of sp³-hybridized carbons (Fsp3) is 0.278. The van der Waals surface area contributed by atoms with Crippen LogP contribution in [-0.2, 0) is 16.3 Å². The maximum Gasteiger partial charge on any atom is 0.251 e. The minimum absolute atomic E-state index is 0.0481. The van der Waals surface area contributed by atoms with Gasteiger partial charge in [0.05, 0.1) is 10.9 Å². The molecule has 0 fully saturated rings. The molecule has 24 heavy (non-hydrogen) atoms. The normalized spacial score (nSPS) is 17.2. The molecule has 1 atom stereocenters. The number of amides is 1. The van der Waals surface area contributed by atoms with Gasteiger partial charge in [0.25, 0.3) is 5.91 Å². The number of benzene rings is 2. The highest BCUT2D eigenvalue weighted by Gasteiger charge is 2.22. The molecule has 4 nitrogen and oxygen atoms in total. The van der Waals surface area contributed by atoms with E-state index < -0.39 is 9.84 Å². The van der Waals surface area contributed by atoms with Crippen LogP contribution in [0.3, 0.4) is 0 Å². The molecular formula is C18H18ClNO3S. The van der Waals surface area contributed by atoms with Crippen molar-refractivity contribution >= 4 is 27.3 Å². The molecule has 1 amide bonds. The van der Waals surface area contributed by atoms with E-state index >= 15 is 0 Å². The predicted molar refractivity (Wildman–Crippen MR) is 94.1 cm³/mol. The van der Waals surface area contributed by atoms with Crippen molar-refractivity contribution in [3.8, 4) is 0 Å². The van der Waals surface area contributed by atoms with Gasteiger partial charge in [-0.2, -0.15) is 0 Å². The van der Waals surface area contributed by atoms with Gasteiger partial charge >= 0.3 is 0 Å². The summed E-state index contributed by atoms with van der Waals surface area (Å²) < 4.78 is 23.0. The average molecular weight is 364 g/mol. The summed E-state index contributed by atoms with van der Waals surface area (Å²) in [7, 11) is -3.26. The van der Waals surface area contributed by atoms with E-state index in [-0.39, 0.29) is 16.8 Å². The van der Waals surface area contributed by atoms with Crippen molar-refractivity contribution in [1.29, 1.82) is 0 Å². The molecule has 6 heteroatoms. The molecule has 0 saturated carbocycles. The highest BCUT2D eigenvalue weighted by molar-refractivity contribution is 7.90. The Kier molecular flexibility index (Phi) is 4.65. The Labute approximate surface area is 146 Å². The maximum absolute atomic E-state index is 12.5. The molecule has 1 aliphatic carbocycles. The standard InChI is InChI=1S/C18H18ClNO3S/c1-24(22,23)15-8-5-12(6-9-15)18(21)20-17-4-2-3-13-11-14(19)7-10-16(13)17/h5-11,17H,2-4H2,1H3,(H,20,21). The molecule has 2 aromatic carbocycles. The van der Waals surface area contributed by atoms with Crippen molar-refractivity contribution in [2.45, 2.75) is 30.2 Å². The molecule has 0 radical (unpaired) electrons. The molecular weight excluding hydrogens is 346 g/mol. The van der Waals surface area contributed by atoms with Gasteiger partial charge in [-0.05, 0) is 66.8 Å². The lowest BCUT2D eigenvalue weighted by molar-refractivity contribution is 0.0932. The topological polar surface area (TPSA) is 63.2 Å². The molecule has 1 aliphatic rings. The van der Waals surface area contributed by atoms with Gasteiger partial charge in [-0.25, -0.2) is 8.42 Å². The Balaban J connectivity index is 1.79. The fourth-order valence-electron chi connectivity index (χ4n) is 3.03. The number of hydrogen-bond acceptors (Lipinski definition) is 3. The van der Waals surface area contributed by atoms with Gasteiger partial charge in [0.1, 0.15) is 0 Å². The van der Waals surface area contributed by atoms with Crippen LogP contribution >= 0.6 is 11.6 Å². The zero-order valence-corrected chi connectivity index (χ0v) is 14.8. The first-order valence-electron chi connectivity index (χ1n) is 7.74. The Bertz CT molecular complexity index is 876. The summed E-state index contributed by atoms with van der Waals surface area (Å²) in [6.45, 7) is 0. The van der Waals surface area contributed by atoms with Crippen molar-refractivity contribution in [1.82, 2.24) is 5.32 Å². The lowest BCUT2D eigenvalue weighted by atomic mass is 9.87. The summed E-state index contributed by atoms with van der Waals surface area (Å²) in [6.07, 6.45) is 3.98. The average Bonchev–Trinajstić information content (AvgIpc) is 2.54. The van der Waals surface area contributed by atoms with Gasteiger partial charge < -0.3 is 5.32 Å². The fourth-order valence-corrected chi connectivity index (χ4v) is 3.85. The van der Waals surface area contributed by atoms with Crippen LogP contribution in [0.1, 0.15) is 40.4 Å². The number of carbonyl (C=O) groups excluding carboxylic acids is 1. The van der Waals surface area contributed by atoms with Gasteiger partial charge in [-0.1, -0.05) is 17.7 Å². The summed E-state index contributed by atoms with van der Waals surface area (Å²) in [5.41, 5.74) is 2.72. The lowest BCUT2D eigenvalue weighted by Gasteiger charge is -2.26. The second-order valence-electron chi connectivity index (χ2n) is 6.06. The van der Waals surface area contributed by atoms with Crippen LogP contribution in [0.15, 0.2) is 47.4 Å². The summed E-state index contributed by atoms with van der Waals surface area (Å²) in [5, 5.41) is 3.74. The SMILES string of the molecule is CS(=O)(=O)c1ccc(C(=O)NC2CCCc3cc(Cl)ccc32)cc1. The second kappa shape index (κ2) is 6.57. The van der Waals surface area contributed by atoms with E-state index in [1.807, 2.05) is 18.2 Å². The summed E-state index contributed by atoms with van der Waals surface area (Å²) >= 11 is 6.04. The minimum Gasteiger partial charge on any atom is -0.345 e. The lowest BCUT2D eigenvalue weighted by Crippen LogP contribution is -2.31. The van der Waals surface area contributed by atoms with Gasteiger partial charge in [-0.3, -0.25) is 4.79 Å². The van der Waals surface area contributed by atoms with Crippen LogP contribution < -0.4 is 5.32 Å². The molecule has 126 valence electrons. The number of halogens is 1. The largest absolute Gasteiger partial charge is 0.345 e. The number of rotatable bonds is 3. The van der Waals surface area contributed by atoms with Crippen LogP contribution in [0.25, 0.3) is 0 Å². The quantitative estimate of drug-likeness (QED) is 0.907. The number of carbonyl (C=O) groups is 1. The van der Waals surface area contributed by atoms with E-state index in [0.717, 1.165) is 31.1 Å². The van der Waals surface area contributed by atoms with Gasteiger partial charge in [0.15, 0.2) is 9.84 Å². The molecule has 0 spiro atoms. The minimum atomic E-state index is -3.26. The van der Waals surface area contributed by atoms with Gasteiger partial charge in [0, 0.05) is 16.8 Å². The van der Waals surface area contributed by atoms with E-state index in [1.54, 1.807) is 0 Å². The molecule has 0 aromatic heterocycles. The third kappa shape index (κ3) is 3.62. The van der Waals surface area contributed by atoms with Crippen LogP contribution in [0.2, 0.25) is 5.02 Å². The van der Waals surface area contributed by atoms with E-state index in [4.69, 9.17) is 11.6 Å². The zero-order chi connectivity index (χ0) is 17.3. The number of hydrogen-bond donors (Lipinski definition) is 1. The molecule has 0 heterocycles. The molecule has 0 aliphatic heterocycles. The molecule has 1 unspecified atom stereocenters. The predicted octanol–water partition coefficient (Wildman–Crippen LogP) is 3.55. The maximum atomic E-state index is 12.5. The number of nitrogens with one attached hydrogen (secondary N) is 1. The molecule has 0 bridgehead atoms. The van der Waals surface area contributed by atoms with E-state index in [0.29, 0.717) is 10.6 Å². The Morgan fingerprint density at radius 1 is 1.17 bits per heavy atom. The number of sulfone groups is 1. The van der Waals surface area contributed by atoms with Crippen molar-refractivity contribution in [2.24, 2.45) is 0 Å². The van der Waals surface area contributed by atoms with Crippen LogP contribution in [0.4, 0.5) is 0 Å². The molecule has 1 N–H and O–H groups in total. The summed E-state index contributed by atoms with van der Waals surface area (Å²) in [4.78, 5) is 12.7. The van der Waals surface area contributed by atoms with Gasteiger partial charge in [-0.15, -0.1) is 0 Å². The summed E-state index contributed by atoms with van der Waals surface area (Å²) in [5.74, 6) is -0.206. The third-order valence-corrected chi connectivity index (χ3v) is 5.63. The molecule has 0 saturated heterocycles. The monoisotopic (exact) mass is 363 g/mol. The second-order valence-corrected chi connectivity index (χ2v) is 8.51. The summed E-state index contributed by atoms with van der Waals surface area (Å²) in [6, 6.07) is 11.7. The van der Waals surface area contributed by atoms with Crippen molar-refractivity contribution in [3.63, 3.8) is 0 Å². The Morgan fingerprint density at radius 2 is 1.88 bits per heavy atom. The first-order chi connectivity index (χ1) is 11.3. The van der Waals surface area contributed by atoms with E-state index in [2.05, 4.69) is 5.32 Å². The van der Waals surface area contributed by atoms with E-state index in [1.165, 1.54) is 29.8 Å².